The van der Waals surface area contributed by atoms with Gasteiger partial charge < -0.3 is 10.1 Å². The number of alkyl carbamates (subject to hydrolysis) is 1. The number of amides is 2. The summed E-state index contributed by atoms with van der Waals surface area (Å²) in [5.74, 6) is -0.538. The van der Waals surface area contributed by atoms with Gasteiger partial charge in [-0.2, -0.15) is 0 Å². The number of ether oxygens (including phenoxy) is 1. The molecule has 0 saturated carbocycles. The van der Waals surface area contributed by atoms with E-state index in [0.717, 1.165) is 0 Å². The predicted molar refractivity (Wildman–Crippen MR) is 102 cm³/mol. The summed E-state index contributed by atoms with van der Waals surface area (Å²) >= 11 is 0. The van der Waals surface area contributed by atoms with Crippen LogP contribution in [0.15, 0.2) is 39.6 Å². The molecule has 26 heavy (non-hydrogen) atoms. The second-order valence-electron chi connectivity index (χ2n) is 7.30. The Kier molecular flexibility index (Phi) is 7.77. The minimum Gasteiger partial charge on any atom is -0.444 e. The molecule has 0 radical (unpaired) electrons. The van der Waals surface area contributed by atoms with Gasteiger partial charge in [0.1, 0.15) is 21.6 Å². The van der Waals surface area contributed by atoms with Crippen molar-refractivity contribution in [2.75, 3.05) is 7.05 Å². The van der Waals surface area contributed by atoms with Crippen molar-refractivity contribution >= 4 is 21.9 Å². The van der Waals surface area contributed by atoms with E-state index in [1.165, 1.54) is 7.05 Å². The van der Waals surface area contributed by atoms with Crippen LogP contribution in [0, 0.1) is 5.92 Å². The summed E-state index contributed by atoms with van der Waals surface area (Å²) in [4.78, 5) is 25.1. The first-order valence-corrected chi connectivity index (χ1v) is 10.0. The van der Waals surface area contributed by atoms with E-state index in [0.29, 0.717) is 11.3 Å². The Balaban J connectivity index is 3.11. The molecule has 0 aliphatic rings. The second-order valence-corrected chi connectivity index (χ2v) is 9.41. The molecule has 2 amide bonds. The third-order valence-electron chi connectivity index (χ3n) is 3.25. The number of rotatable bonds is 6. The second kappa shape index (κ2) is 9.14. The van der Waals surface area contributed by atoms with E-state index in [4.69, 9.17) is 4.74 Å². The van der Waals surface area contributed by atoms with Crippen LogP contribution in [0.1, 0.15) is 41.0 Å². The molecule has 146 valence electrons. The number of benzene rings is 1. The Labute approximate surface area is 156 Å². The van der Waals surface area contributed by atoms with Crippen molar-refractivity contribution in [3.05, 3.63) is 30.3 Å². The SMILES string of the molecule is CNS(=O)(=NC(=O)[C@H](CC(C)C)NC(=O)OC(C)(C)C)c1ccccc1. The molecule has 0 aliphatic heterocycles. The number of nitrogens with zero attached hydrogens (tertiary/aromatic N) is 1. The Hall–Kier alpha value is -1.93. The third kappa shape index (κ3) is 7.13. The van der Waals surface area contributed by atoms with Crippen LogP contribution >= 0.6 is 0 Å². The van der Waals surface area contributed by atoms with Gasteiger partial charge in [0.25, 0.3) is 5.91 Å². The molecule has 0 bridgehead atoms. The van der Waals surface area contributed by atoms with Gasteiger partial charge in [-0.05, 0) is 52.3 Å². The lowest BCUT2D eigenvalue weighted by Crippen LogP contribution is -2.44. The number of carbonyl (C=O) groups is 2. The Morgan fingerprint density at radius 1 is 1.19 bits per heavy atom. The summed E-state index contributed by atoms with van der Waals surface area (Å²) in [6, 6.07) is 7.57. The molecule has 1 unspecified atom stereocenters. The van der Waals surface area contributed by atoms with Crippen LogP contribution in [0.3, 0.4) is 0 Å². The topological polar surface area (TPSA) is 96.9 Å². The molecule has 1 aromatic rings. The van der Waals surface area contributed by atoms with E-state index < -0.39 is 33.6 Å². The van der Waals surface area contributed by atoms with Crippen molar-refractivity contribution in [3.8, 4) is 0 Å². The van der Waals surface area contributed by atoms with E-state index in [1.54, 1.807) is 51.1 Å². The van der Waals surface area contributed by atoms with Gasteiger partial charge in [0.2, 0.25) is 0 Å². The molecule has 1 rings (SSSR count). The quantitative estimate of drug-likeness (QED) is 0.789. The summed E-state index contributed by atoms with van der Waals surface area (Å²) in [6.45, 7) is 9.05. The lowest BCUT2D eigenvalue weighted by molar-refractivity contribution is -0.120. The molecule has 0 heterocycles. The molecule has 2 N–H and O–H groups in total. The molecule has 8 heteroatoms. The normalized spacial score (nSPS) is 15.0. The monoisotopic (exact) mass is 383 g/mol. The van der Waals surface area contributed by atoms with Crippen molar-refractivity contribution in [1.29, 1.82) is 0 Å². The summed E-state index contributed by atoms with van der Waals surface area (Å²) in [5.41, 5.74) is -0.685. The zero-order valence-electron chi connectivity index (χ0n) is 16.2. The van der Waals surface area contributed by atoms with Gasteiger partial charge in [-0.25, -0.2) is 13.7 Å². The maximum atomic E-state index is 13.0. The van der Waals surface area contributed by atoms with Gasteiger partial charge in [0.15, 0.2) is 0 Å². The fourth-order valence-electron chi connectivity index (χ4n) is 2.15. The van der Waals surface area contributed by atoms with Gasteiger partial charge in [-0.15, -0.1) is 4.36 Å². The number of hydrogen-bond donors (Lipinski definition) is 2. The number of nitrogens with one attached hydrogen (secondary N) is 2. The fraction of sp³-hybridized carbons (Fsp3) is 0.556. The molecular weight excluding hydrogens is 354 g/mol. The Morgan fingerprint density at radius 3 is 2.23 bits per heavy atom. The lowest BCUT2D eigenvalue weighted by atomic mass is 10.0. The first-order chi connectivity index (χ1) is 12.0. The average molecular weight is 384 g/mol. The van der Waals surface area contributed by atoms with Crippen LogP contribution in [-0.2, 0) is 19.4 Å². The van der Waals surface area contributed by atoms with E-state index in [9.17, 15) is 13.8 Å². The third-order valence-corrected chi connectivity index (χ3v) is 5.16. The average Bonchev–Trinajstić information content (AvgIpc) is 2.52. The Bertz CT molecular complexity index is 733. The van der Waals surface area contributed by atoms with Crippen LogP contribution in [0.5, 0.6) is 0 Å². The van der Waals surface area contributed by atoms with E-state index >= 15 is 0 Å². The van der Waals surface area contributed by atoms with Gasteiger partial charge in [-0.1, -0.05) is 32.0 Å². The van der Waals surface area contributed by atoms with Crippen molar-refractivity contribution in [2.24, 2.45) is 10.3 Å². The van der Waals surface area contributed by atoms with E-state index in [1.807, 2.05) is 13.8 Å². The lowest BCUT2D eigenvalue weighted by Gasteiger charge is -2.23. The number of hydrogen-bond acceptors (Lipinski definition) is 4. The highest BCUT2D eigenvalue weighted by Crippen LogP contribution is 2.14. The molecule has 0 aliphatic carbocycles. The van der Waals surface area contributed by atoms with Gasteiger partial charge in [0.05, 0.1) is 4.90 Å². The maximum absolute atomic E-state index is 13.0. The summed E-state index contributed by atoms with van der Waals surface area (Å²) < 4.78 is 24.8. The summed E-state index contributed by atoms with van der Waals surface area (Å²) in [5, 5.41) is 2.55. The standard InChI is InChI=1S/C18H29N3O4S/c1-13(2)12-15(20-17(23)25-18(3,4)5)16(22)21-26(24,19-6)14-10-8-7-9-11-14/h7-11,13,15H,12H2,1-6H3,(H,20,23)(H,19,21,22,24)/t15-,26?/m0/s1. The van der Waals surface area contributed by atoms with E-state index in [-0.39, 0.29) is 5.92 Å². The Morgan fingerprint density at radius 2 is 1.77 bits per heavy atom. The van der Waals surface area contributed by atoms with Crippen LogP contribution < -0.4 is 10.0 Å². The zero-order chi connectivity index (χ0) is 20.0. The van der Waals surface area contributed by atoms with Crippen molar-refractivity contribution < 1.29 is 18.5 Å². The molecule has 0 aromatic heterocycles. The van der Waals surface area contributed by atoms with Crippen molar-refractivity contribution in [2.45, 2.75) is 57.6 Å². The summed E-state index contributed by atoms with van der Waals surface area (Å²) in [7, 11) is -1.65. The predicted octanol–water partition coefficient (Wildman–Crippen LogP) is 3.11. The molecule has 1 aromatic carbocycles. The first-order valence-electron chi connectivity index (χ1n) is 8.51. The van der Waals surface area contributed by atoms with Crippen molar-refractivity contribution in [1.82, 2.24) is 10.0 Å². The van der Waals surface area contributed by atoms with Crippen molar-refractivity contribution in [3.63, 3.8) is 0 Å². The highest BCUT2D eigenvalue weighted by Gasteiger charge is 2.26. The number of carbonyl (C=O) groups excluding carboxylic acids is 2. The van der Waals surface area contributed by atoms with Crippen LogP contribution in [-0.4, -0.2) is 34.9 Å². The molecule has 0 spiro atoms. The van der Waals surface area contributed by atoms with Crippen LogP contribution in [0.25, 0.3) is 0 Å². The molecule has 0 fully saturated rings. The largest absolute Gasteiger partial charge is 0.444 e. The van der Waals surface area contributed by atoms with Gasteiger partial charge in [-0.3, -0.25) is 4.79 Å². The molecule has 2 atom stereocenters. The van der Waals surface area contributed by atoms with Crippen LogP contribution in [0.2, 0.25) is 0 Å². The zero-order valence-corrected chi connectivity index (χ0v) is 17.1. The first kappa shape index (κ1) is 22.1. The van der Waals surface area contributed by atoms with Crippen LogP contribution in [0.4, 0.5) is 4.79 Å². The molecule has 7 nitrogen and oxygen atoms in total. The highest BCUT2D eigenvalue weighted by atomic mass is 32.2. The smallest absolute Gasteiger partial charge is 0.408 e. The van der Waals surface area contributed by atoms with E-state index in [2.05, 4.69) is 14.4 Å². The van der Waals surface area contributed by atoms with Gasteiger partial charge in [0, 0.05) is 0 Å². The molecule has 0 saturated heterocycles. The minimum atomic E-state index is -3.12. The highest BCUT2D eigenvalue weighted by molar-refractivity contribution is 7.92. The summed E-state index contributed by atoms with van der Waals surface area (Å²) in [6.07, 6.45) is -0.349. The molecular formula is C18H29N3O4S. The fourth-order valence-corrected chi connectivity index (χ4v) is 3.49. The van der Waals surface area contributed by atoms with Gasteiger partial charge >= 0.3 is 6.09 Å². The maximum Gasteiger partial charge on any atom is 0.408 e. The minimum absolute atomic E-state index is 0.122.